The van der Waals surface area contributed by atoms with Gasteiger partial charge in [-0.05, 0) is 13.5 Å². The lowest BCUT2D eigenvalue weighted by atomic mass is 10.2. The van der Waals surface area contributed by atoms with Crippen LogP contribution in [0.5, 0.6) is 0 Å². The molecule has 114 valence electrons. The molecule has 2 N–H and O–H groups in total. The summed E-state index contributed by atoms with van der Waals surface area (Å²) in [6.45, 7) is 2.81. The van der Waals surface area contributed by atoms with E-state index in [1.165, 1.54) is 11.9 Å². The maximum Gasteiger partial charge on any atom is 0.401 e. The third-order valence-electron chi connectivity index (χ3n) is 2.53. The molecule has 0 aliphatic rings. The third-order valence-corrected chi connectivity index (χ3v) is 2.53. The number of unbranched alkanes of at least 4 members (excludes halogenated alkanes) is 2. The molecule has 0 bridgehead atoms. The van der Waals surface area contributed by atoms with E-state index >= 15 is 0 Å². The number of nitrogens with zero attached hydrogens (tertiary/aromatic N) is 2. The Kier molecular flexibility index (Phi) is 9.38. The molecule has 0 radical (unpaired) electrons. The van der Waals surface area contributed by atoms with Crippen molar-refractivity contribution in [1.29, 1.82) is 0 Å². The van der Waals surface area contributed by atoms with Crippen LogP contribution in [0, 0.1) is 0 Å². The molecule has 0 spiro atoms. The molecule has 0 aromatic heterocycles. The van der Waals surface area contributed by atoms with Gasteiger partial charge in [-0.3, -0.25) is 9.89 Å². The summed E-state index contributed by atoms with van der Waals surface area (Å²) < 4.78 is 36.3. The molecule has 0 aromatic rings. The Balaban J connectivity index is 3.72. The third kappa shape index (κ3) is 11.8. The fourth-order valence-corrected chi connectivity index (χ4v) is 1.55. The lowest BCUT2D eigenvalue weighted by Crippen LogP contribution is -2.42. The van der Waals surface area contributed by atoms with Gasteiger partial charge in [-0.2, -0.15) is 13.2 Å². The zero-order valence-electron chi connectivity index (χ0n) is 12.0. The topological polar surface area (TPSA) is 39.7 Å². The molecule has 0 aliphatic heterocycles. The molecule has 0 atom stereocenters. The predicted molar refractivity (Wildman–Crippen MR) is 72.4 cm³/mol. The summed E-state index contributed by atoms with van der Waals surface area (Å²) in [6, 6.07) is 0. The highest BCUT2D eigenvalue weighted by molar-refractivity contribution is 5.79. The van der Waals surface area contributed by atoms with Crippen molar-refractivity contribution in [2.75, 3.05) is 40.3 Å². The van der Waals surface area contributed by atoms with E-state index in [1.54, 1.807) is 7.05 Å². The van der Waals surface area contributed by atoms with Gasteiger partial charge in [-0.25, -0.2) is 0 Å². The molecule has 0 rings (SSSR count). The first-order valence-electron chi connectivity index (χ1n) is 6.59. The highest BCUT2D eigenvalue weighted by atomic mass is 19.4. The minimum atomic E-state index is -4.14. The Bertz CT molecular complexity index is 254. The second-order valence-corrected chi connectivity index (χ2v) is 4.49. The van der Waals surface area contributed by atoms with Gasteiger partial charge in [0.05, 0.1) is 6.54 Å². The molecule has 0 heterocycles. The largest absolute Gasteiger partial charge is 0.401 e. The van der Waals surface area contributed by atoms with Crippen molar-refractivity contribution in [2.45, 2.75) is 32.4 Å². The van der Waals surface area contributed by atoms with E-state index in [2.05, 4.69) is 22.5 Å². The first kappa shape index (κ1) is 18.0. The van der Waals surface area contributed by atoms with Gasteiger partial charge in [-0.1, -0.05) is 19.8 Å². The number of nitrogens with one attached hydrogen (secondary N) is 2. The van der Waals surface area contributed by atoms with E-state index in [-0.39, 0.29) is 0 Å². The van der Waals surface area contributed by atoms with Crippen molar-refractivity contribution >= 4 is 5.96 Å². The lowest BCUT2D eigenvalue weighted by molar-refractivity contribution is -0.142. The van der Waals surface area contributed by atoms with Crippen LogP contribution in [0.15, 0.2) is 4.99 Å². The highest BCUT2D eigenvalue weighted by Crippen LogP contribution is 2.14. The van der Waals surface area contributed by atoms with Crippen molar-refractivity contribution < 1.29 is 13.2 Å². The monoisotopic (exact) mass is 282 g/mol. The standard InChI is InChI=1S/C12H25F3N4/c1-4-5-6-7-17-11(16-2)18-8-9-19(3)10-12(13,14)15/h4-10H2,1-3H3,(H2,16,17,18). The summed E-state index contributed by atoms with van der Waals surface area (Å²) in [5.74, 6) is 0.636. The van der Waals surface area contributed by atoms with Gasteiger partial charge in [0.15, 0.2) is 5.96 Å². The van der Waals surface area contributed by atoms with Crippen molar-refractivity contribution in [1.82, 2.24) is 15.5 Å². The van der Waals surface area contributed by atoms with Gasteiger partial charge in [-0.15, -0.1) is 0 Å². The average Bonchev–Trinajstić information content (AvgIpc) is 2.30. The molecule has 0 fully saturated rings. The number of rotatable bonds is 8. The molecule has 7 heteroatoms. The smallest absolute Gasteiger partial charge is 0.356 e. The molecular weight excluding hydrogens is 257 g/mol. The van der Waals surface area contributed by atoms with Gasteiger partial charge in [0.1, 0.15) is 0 Å². The number of likely N-dealkylation sites (N-methyl/N-ethyl adjacent to an activating group) is 1. The Labute approximate surface area is 113 Å². The van der Waals surface area contributed by atoms with E-state index in [1.807, 2.05) is 0 Å². The quantitative estimate of drug-likeness (QED) is 0.405. The molecule has 0 unspecified atom stereocenters. The van der Waals surface area contributed by atoms with Crippen LogP contribution < -0.4 is 10.6 Å². The summed E-state index contributed by atoms with van der Waals surface area (Å²) in [5, 5.41) is 6.12. The lowest BCUT2D eigenvalue weighted by Gasteiger charge is -2.19. The van der Waals surface area contributed by atoms with Crippen LogP contribution in [0.3, 0.4) is 0 Å². The summed E-state index contributed by atoms with van der Waals surface area (Å²) >= 11 is 0. The van der Waals surface area contributed by atoms with Crippen LogP contribution in [-0.2, 0) is 0 Å². The Morgan fingerprint density at radius 3 is 2.32 bits per heavy atom. The molecule has 0 saturated heterocycles. The molecule has 0 amide bonds. The minimum absolute atomic E-state index is 0.315. The van der Waals surface area contributed by atoms with Gasteiger partial charge < -0.3 is 10.6 Å². The van der Waals surface area contributed by atoms with Crippen molar-refractivity contribution in [3.63, 3.8) is 0 Å². The van der Waals surface area contributed by atoms with Crippen LogP contribution in [0.2, 0.25) is 0 Å². The molecule has 0 aromatic carbocycles. The summed E-state index contributed by atoms with van der Waals surface area (Å²) in [4.78, 5) is 5.24. The number of guanidine groups is 1. The minimum Gasteiger partial charge on any atom is -0.356 e. The Morgan fingerprint density at radius 1 is 1.16 bits per heavy atom. The molecule has 0 saturated carbocycles. The van der Waals surface area contributed by atoms with Crippen molar-refractivity contribution in [2.24, 2.45) is 4.99 Å². The zero-order chi connectivity index (χ0) is 14.7. The molecular formula is C12H25F3N4. The fraction of sp³-hybridized carbons (Fsp3) is 0.917. The number of alkyl halides is 3. The number of halogens is 3. The maximum absolute atomic E-state index is 12.1. The van der Waals surface area contributed by atoms with Gasteiger partial charge in [0.2, 0.25) is 0 Å². The first-order chi connectivity index (χ1) is 8.89. The predicted octanol–water partition coefficient (Wildman–Crippen LogP) is 1.84. The second-order valence-electron chi connectivity index (χ2n) is 4.49. The first-order valence-corrected chi connectivity index (χ1v) is 6.59. The van der Waals surface area contributed by atoms with Crippen LogP contribution >= 0.6 is 0 Å². The van der Waals surface area contributed by atoms with E-state index in [9.17, 15) is 13.2 Å². The van der Waals surface area contributed by atoms with E-state index in [0.717, 1.165) is 25.8 Å². The zero-order valence-corrected chi connectivity index (χ0v) is 12.0. The second kappa shape index (κ2) is 9.89. The molecule has 19 heavy (non-hydrogen) atoms. The van der Waals surface area contributed by atoms with Gasteiger partial charge in [0, 0.05) is 26.7 Å². The van der Waals surface area contributed by atoms with Crippen LogP contribution in [0.1, 0.15) is 26.2 Å². The number of aliphatic imine (C=N–C) groups is 1. The SMILES string of the molecule is CCCCCNC(=NC)NCCN(C)CC(F)(F)F. The summed E-state index contributed by atoms with van der Waals surface area (Å²) in [6.07, 6.45) is -0.783. The summed E-state index contributed by atoms with van der Waals surface area (Å²) in [5.41, 5.74) is 0. The number of hydrogen-bond acceptors (Lipinski definition) is 2. The van der Waals surface area contributed by atoms with Crippen LogP contribution in [-0.4, -0.2) is 57.3 Å². The van der Waals surface area contributed by atoms with Crippen molar-refractivity contribution in [3.8, 4) is 0 Å². The van der Waals surface area contributed by atoms with Crippen LogP contribution in [0.4, 0.5) is 13.2 Å². The van der Waals surface area contributed by atoms with E-state index < -0.39 is 12.7 Å². The number of hydrogen-bond donors (Lipinski definition) is 2. The molecule has 4 nitrogen and oxygen atoms in total. The maximum atomic E-state index is 12.1. The Hall–Kier alpha value is -0.980. The molecule has 0 aliphatic carbocycles. The average molecular weight is 282 g/mol. The van der Waals surface area contributed by atoms with E-state index in [0.29, 0.717) is 19.0 Å². The van der Waals surface area contributed by atoms with Crippen LogP contribution in [0.25, 0.3) is 0 Å². The highest BCUT2D eigenvalue weighted by Gasteiger charge is 2.28. The normalized spacial score (nSPS) is 12.9. The fourth-order valence-electron chi connectivity index (χ4n) is 1.55. The van der Waals surface area contributed by atoms with Crippen molar-refractivity contribution in [3.05, 3.63) is 0 Å². The summed E-state index contributed by atoms with van der Waals surface area (Å²) in [7, 11) is 3.10. The van der Waals surface area contributed by atoms with Gasteiger partial charge >= 0.3 is 6.18 Å². The van der Waals surface area contributed by atoms with E-state index in [4.69, 9.17) is 0 Å². The Morgan fingerprint density at radius 2 is 1.79 bits per heavy atom. The van der Waals surface area contributed by atoms with Gasteiger partial charge in [0.25, 0.3) is 0 Å².